The molecular formula is C13H21N3O2. The second-order valence-corrected chi connectivity index (χ2v) is 4.86. The van der Waals surface area contributed by atoms with Crippen LogP contribution >= 0.6 is 0 Å². The van der Waals surface area contributed by atoms with Gasteiger partial charge in [-0.3, -0.25) is 9.48 Å². The Labute approximate surface area is 108 Å². The predicted molar refractivity (Wildman–Crippen MR) is 68.9 cm³/mol. The first kappa shape index (κ1) is 13.1. The number of methoxy groups -OCH3 is 1. The standard InChI is InChI=1S/C13H21N3O2/c1-4-5-16-12(11(18-3)8-15-16)13(17)9(2)10-6-14-7-10/h8-10,14H,4-7H2,1-3H3. The minimum Gasteiger partial charge on any atom is -0.493 e. The molecule has 18 heavy (non-hydrogen) atoms. The SMILES string of the molecule is CCCn1ncc(OC)c1C(=O)C(C)C1CNC1. The highest BCUT2D eigenvalue weighted by Crippen LogP contribution is 2.26. The second kappa shape index (κ2) is 5.52. The predicted octanol–water partition coefficient (Wildman–Crippen LogP) is 1.34. The van der Waals surface area contributed by atoms with Crippen LogP contribution in [0.2, 0.25) is 0 Å². The van der Waals surface area contributed by atoms with Gasteiger partial charge in [0, 0.05) is 12.5 Å². The molecule has 1 N–H and O–H groups in total. The van der Waals surface area contributed by atoms with Crippen LogP contribution in [-0.4, -0.2) is 35.8 Å². The summed E-state index contributed by atoms with van der Waals surface area (Å²) in [5.41, 5.74) is 0.624. The number of carbonyl (C=O) groups excluding carboxylic acids is 1. The molecule has 1 aromatic heterocycles. The van der Waals surface area contributed by atoms with Gasteiger partial charge in [-0.05, 0) is 25.4 Å². The number of nitrogens with one attached hydrogen (secondary N) is 1. The van der Waals surface area contributed by atoms with Crippen LogP contribution < -0.4 is 10.1 Å². The van der Waals surface area contributed by atoms with Crippen molar-refractivity contribution < 1.29 is 9.53 Å². The second-order valence-electron chi connectivity index (χ2n) is 4.86. The third-order valence-corrected chi connectivity index (χ3v) is 3.63. The van der Waals surface area contributed by atoms with Gasteiger partial charge in [-0.15, -0.1) is 0 Å². The summed E-state index contributed by atoms with van der Waals surface area (Å²) in [4.78, 5) is 12.5. The fourth-order valence-electron chi connectivity index (χ4n) is 2.24. The van der Waals surface area contributed by atoms with Crippen LogP contribution in [-0.2, 0) is 6.54 Å². The van der Waals surface area contributed by atoms with E-state index in [0.29, 0.717) is 17.4 Å². The van der Waals surface area contributed by atoms with Gasteiger partial charge in [0.1, 0.15) is 5.69 Å². The van der Waals surface area contributed by atoms with E-state index in [1.165, 1.54) is 0 Å². The van der Waals surface area contributed by atoms with Gasteiger partial charge in [-0.25, -0.2) is 0 Å². The molecule has 1 unspecified atom stereocenters. The van der Waals surface area contributed by atoms with Gasteiger partial charge in [0.05, 0.1) is 13.3 Å². The molecule has 1 aliphatic rings. The average molecular weight is 251 g/mol. The van der Waals surface area contributed by atoms with E-state index in [4.69, 9.17) is 4.74 Å². The van der Waals surface area contributed by atoms with E-state index in [2.05, 4.69) is 17.3 Å². The Balaban J connectivity index is 2.23. The molecule has 0 radical (unpaired) electrons. The Morgan fingerprint density at radius 3 is 2.89 bits per heavy atom. The lowest BCUT2D eigenvalue weighted by atomic mass is 9.84. The zero-order valence-electron chi connectivity index (χ0n) is 11.3. The van der Waals surface area contributed by atoms with Crippen LogP contribution in [0.15, 0.2) is 6.20 Å². The topological polar surface area (TPSA) is 56.2 Å². The van der Waals surface area contributed by atoms with Crippen LogP contribution in [0.4, 0.5) is 0 Å². The van der Waals surface area contributed by atoms with E-state index in [1.54, 1.807) is 18.0 Å². The largest absolute Gasteiger partial charge is 0.493 e. The molecule has 0 spiro atoms. The summed E-state index contributed by atoms with van der Waals surface area (Å²) in [7, 11) is 1.58. The summed E-state index contributed by atoms with van der Waals surface area (Å²) in [6, 6.07) is 0. The lowest BCUT2D eigenvalue weighted by molar-refractivity contribution is 0.0839. The number of hydrogen-bond donors (Lipinski definition) is 1. The minimum atomic E-state index is 0.0208. The summed E-state index contributed by atoms with van der Waals surface area (Å²) in [5, 5.41) is 7.44. The molecule has 2 heterocycles. The van der Waals surface area contributed by atoms with Crippen molar-refractivity contribution in [3.05, 3.63) is 11.9 Å². The Morgan fingerprint density at radius 2 is 2.39 bits per heavy atom. The molecular weight excluding hydrogens is 230 g/mol. The Bertz CT molecular complexity index is 424. The molecule has 5 heteroatoms. The molecule has 1 fully saturated rings. The van der Waals surface area contributed by atoms with Crippen molar-refractivity contribution in [3.63, 3.8) is 0 Å². The number of aromatic nitrogens is 2. The molecule has 100 valence electrons. The normalized spacial score (nSPS) is 17.3. The van der Waals surface area contributed by atoms with Crippen LogP contribution in [0.5, 0.6) is 5.75 Å². The number of nitrogens with zero attached hydrogens (tertiary/aromatic N) is 2. The maximum atomic E-state index is 12.5. The van der Waals surface area contributed by atoms with E-state index in [-0.39, 0.29) is 11.7 Å². The van der Waals surface area contributed by atoms with Crippen LogP contribution in [0.3, 0.4) is 0 Å². The first-order chi connectivity index (χ1) is 8.69. The highest BCUT2D eigenvalue weighted by atomic mass is 16.5. The molecule has 0 bridgehead atoms. The Morgan fingerprint density at radius 1 is 1.67 bits per heavy atom. The lowest BCUT2D eigenvalue weighted by Crippen LogP contribution is -2.47. The van der Waals surface area contributed by atoms with E-state index in [9.17, 15) is 4.79 Å². The first-order valence-corrected chi connectivity index (χ1v) is 6.53. The molecule has 1 atom stereocenters. The molecule has 1 aromatic rings. The van der Waals surface area contributed by atoms with Gasteiger partial charge in [-0.2, -0.15) is 5.10 Å². The fourth-order valence-corrected chi connectivity index (χ4v) is 2.24. The summed E-state index contributed by atoms with van der Waals surface area (Å²) >= 11 is 0. The number of aryl methyl sites for hydroxylation is 1. The monoisotopic (exact) mass is 251 g/mol. The zero-order valence-corrected chi connectivity index (χ0v) is 11.3. The molecule has 0 amide bonds. The number of ketones is 1. The van der Waals surface area contributed by atoms with Crippen molar-refractivity contribution in [2.24, 2.45) is 11.8 Å². The average Bonchev–Trinajstić information content (AvgIpc) is 2.69. The molecule has 0 aliphatic carbocycles. The zero-order chi connectivity index (χ0) is 13.1. The number of carbonyl (C=O) groups is 1. The number of Topliss-reactive ketones (excluding diaryl/α,β-unsaturated/α-hetero) is 1. The molecule has 2 rings (SSSR count). The van der Waals surface area contributed by atoms with Crippen LogP contribution in [0.25, 0.3) is 0 Å². The van der Waals surface area contributed by atoms with Gasteiger partial charge in [0.2, 0.25) is 0 Å². The quantitative estimate of drug-likeness (QED) is 0.775. The van der Waals surface area contributed by atoms with Crippen molar-refractivity contribution in [2.45, 2.75) is 26.8 Å². The Hall–Kier alpha value is -1.36. The summed E-state index contributed by atoms with van der Waals surface area (Å²) in [6.45, 7) is 6.67. The van der Waals surface area contributed by atoms with Crippen LogP contribution in [0, 0.1) is 11.8 Å². The highest BCUT2D eigenvalue weighted by molar-refractivity contribution is 5.98. The maximum Gasteiger partial charge on any atom is 0.187 e. The lowest BCUT2D eigenvalue weighted by Gasteiger charge is -2.31. The van der Waals surface area contributed by atoms with Crippen molar-refractivity contribution >= 4 is 5.78 Å². The number of hydrogen-bond acceptors (Lipinski definition) is 4. The third-order valence-electron chi connectivity index (χ3n) is 3.63. The number of ether oxygens (including phenoxy) is 1. The molecule has 0 aromatic carbocycles. The van der Waals surface area contributed by atoms with E-state index >= 15 is 0 Å². The van der Waals surface area contributed by atoms with Crippen molar-refractivity contribution in [3.8, 4) is 5.75 Å². The van der Waals surface area contributed by atoms with Gasteiger partial charge >= 0.3 is 0 Å². The minimum absolute atomic E-state index is 0.0208. The number of rotatable bonds is 6. The molecule has 1 saturated heterocycles. The summed E-state index contributed by atoms with van der Waals surface area (Å²) in [5.74, 6) is 1.19. The highest BCUT2D eigenvalue weighted by Gasteiger charge is 2.32. The fraction of sp³-hybridized carbons (Fsp3) is 0.692. The molecule has 1 aliphatic heterocycles. The van der Waals surface area contributed by atoms with Crippen molar-refractivity contribution in [1.29, 1.82) is 0 Å². The van der Waals surface area contributed by atoms with E-state index in [0.717, 1.165) is 26.1 Å². The molecule has 0 saturated carbocycles. The third kappa shape index (κ3) is 2.27. The Kier molecular flexibility index (Phi) is 4.01. The van der Waals surface area contributed by atoms with Crippen molar-refractivity contribution in [2.75, 3.05) is 20.2 Å². The van der Waals surface area contributed by atoms with E-state index < -0.39 is 0 Å². The van der Waals surface area contributed by atoms with E-state index in [1.807, 2.05) is 6.92 Å². The summed E-state index contributed by atoms with van der Waals surface area (Å²) < 4.78 is 7.02. The van der Waals surface area contributed by atoms with Gasteiger partial charge in [0.15, 0.2) is 11.5 Å². The van der Waals surface area contributed by atoms with Gasteiger partial charge in [0.25, 0.3) is 0 Å². The maximum absolute atomic E-state index is 12.5. The van der Waals surface area contributed by atoms with Gasteiger partial charge in [-0.1, -0.05) is 13.8 Å². The first-order valence-electron chi connectivity index (χ1n) is 6.53. The smallest absolute Gasteiger partial charge is 0.187 e. The van der Waals surface area contributed by atoms with Crippen molar-refractivity contribution in [1.82, 2.24) is 15.1 Å². The summed E-state index contributed by atoms with van der Waals surface area (Å²) in [6.07, 6.45) is 2.58. The van der Waals surface area contributed by atoms with Crippen LogP contribution in [0.1, 0.15) is 30.8 Å². The molecule has 5 nitrogen and oxygen atoms in total. The van der Waals surface area contributed by atoms with Gasteiger partial charge < -0.3 is 10.1 Å².